The minimum absolute atomic E-state index is 0.0171. The van der Waals surface area contributed by atoms with Crippen molar-refractivity contribution < 1.29 is 42.1 Å². The maximum Gasteiger partial charge on any atom is 0.472 e. The Kier molecular flexibility index (Phi) is 59.9. The van der Waals surface area contributed by atoms with Crippen molar-refractivity contribution in [2.24, 2.45) is 0 Å². The number of esters is 2. The number of carbonyl (C=O) groups is 2. The highest BCUT2D eigenvalue weighted by Gasteiger charge is 2.27. The number of allylic oxidation sites excluding steroid dienone is 26. The highest BCUT2D eigenvalue weighted by molar-refractivity contribution is 7.47. The van der Waals surface area contributed by atoms with Crippen LogP contribution >= 0.6 is 7.82 Å². The molecule has 0 fully saturated rings. The molecule has 10 heteroatoms. The van der Waals surface area contributed by atoms with E-state index in [9.17, 15) is 19.0 Å². The zero-order valence-corrected chi connectivity index (χ0v) is 55.0. The Balaban J connectivity index is 4.14. The minimum atomic E-state index is -4.41. The van der Waals surface area contributed by atoms with Crippen LogP contribution in [0.3, 0.4) is 0 Å². The van der Waals surface area contributed by atoms with Gasteiger partial charge in [-0.25, -0.2) is 4.57 Å². The number of quaternary nitrogens is 1. The Labute approximate surface area is 516 Å². The van der Waals surface area contributed by atoms with Crippen LogP contribution in [0.4, 0.5) is 0 Å². The molecule has 0 radical (unpaired) electrons. The van der Waals surface area contributed by atoms with Crippen LogP contribution in [0, 0.1) is 0 Å². The summed E-state index contributed by atoms with van der Waals surface area (Å²) in [5.74, 6) is -0.843. The predicted molar refractivity (Wildman–Crippen MR) is 362 cm³/mol. The van der Waals surface area contributed by atoms with Gasteiger partial charge in [-0.2, -0.15) is 0 Å². The Morgan fingerprint density at radius 3 is 0.964 bits per heavy atom. The van der Waals surface area contributed by atoms with Gasteiger partial charge in [0.25, 0.3) is 0 Å². The summed E-state index contributed by atoms with van der Waals surface area (Å²) in [5.41, 5.74) is 0. The summed E-state index contributed by atoms with van der Waals surface area (Å²) < 4.78 is 34.6. The lowest BCUT2D eigenvalue weighted by molar-refractivity contribution is -0.870. The molecule has 0 aromatic rings. The Hall–Kier alpha value is -4.37. The van der Waals surface area contributed by atoms with Gasteiger partial charge in [0.15, 0.2) is 6.10 Å². The van der Waals surface area contributed by atoms with Crippen LogP contribution < -0.4 is 0 Å². The molecule has 0 heterocycles. The fourth-order valence-electron chi connectivity index (χ4n) is 8.53. The summed E-state index contributed by atoms with van der Waals surface area (Å²) in [6.45, 7) is 4.16. The summed E-state index contributed by atoms with van der Waals surface area (Å²) >= 11 is 0. The first kappa shape index (κ1) is 79.6. The summed E-state index contributed by atoms with van der Waals surface area (Å²) in [4.78, 5) is 35.8. The summed E-state index contributed by atoms with van der Waals surface area (Å²) in [7, 11) is 1.44. The van der Waals surface area contributed by atoms with Crippen molar-refractivity contribution in [1.29, 1.82) is 0 Å². The Morgan fingerprint density at radius 1 is 0.369 bits per heavy atom. The molecule has 0 aromatic heterocycles. The number of phosphoric ester groups is 1. The molecule has 1 N–H and O–H groups in total. The smallest absolute Gasteiger partial charge is 0.462 e. The van der Waals surface area contributed by atoms with Crippen molar-refractivity contribution in [1.82, 2.24) is 0 Å². The maximum atomic E-state index is 12.8. The number of hydrogen-bond acceptors (Lipinski definition) is 7. The standard InChI is InChI=1S/C74H122NO8P/c1-6-8-10-12-14-16-18-20-22-24-26-28-30-32-33-34-35-36-37-38-39-40-41-43-44-46-48-50-52-54-56-58-60-62-64-66-73(76)80-70-72(71-82-84(78,79)81-69-68-75(3,4)5)83-74(77)67-65-63-61-59-57-55-53-51-49-47-45-42-31-29-27-25-23-21-19-17-15-13-11-9-7-2/h8-11,14-17,20-23,26-29,32-33,35-36,42,45,49,51,55,57,72H,6-7,12-13,18-19,24-25,30-31,34,37-41,43-44,46-48,50,52-54,56,58-71H2,1-5H3/p+1/b10-8-,11-9-,16-14-,17-15-,22-20-,23-21-,28-26-,29-27-,33-32-,36-35-,45-42-,51-49-,57-55-. The van der Waals surface area contributed by atoms with Gasteiger partial charge in [-0.1, -0.05) is 268 Å². The highest BCUT2D eigenvalue weighted by Crippen LogP contribution is 2.43. The van der Waals surface area contributed by atoms with E-state index in [1.54, 1.807) is 0 Å². The number of carbonyl (C=O) groups excluding carboxylic acids is 2. The molecule has 0 rings (SSSR count). The number of unbranched alkanes of at least 4 members (excludes halogenated alkanes) is 19. The van der Waals surface area contributed by atoms with Crippen LogP contribution in [-0.4, -0.2) is 74.9 Å². The van der Waals surface area contributed by atoms with Gasteiger partial charge in [-0.15, -0.1) is 0 Å². The van der Waals surface area contributed by atoms with Crippen LogP contribution in [0.5, 0.6) is 0 Å². The molecule has 0 saturated heterocycles. The second-order valence-electron chi connectivity index (χ2n) is 22.7. The van der Waals surface area contributed by atoms with Gasteiger partial charge >= 0.3 is 19.8 Å². The first-order chi connectivity index (χ1) is 41.0. The molecular formula is C74H123NO8P+. The summed E-state index contributed by atoms with van der Waals surface area (Å²) in [6.07, 6.45) is 94.8. The fourth-order valence-corrected chi connectivity index (χ4v) is 9.27. The molecule has 84 heavy (non-hydrogen) atoms. The van der Waals surface area contributed by atoms with E-state index in [-0.39, 0.29) is 32.0 Å². The molecular weight excluding hydrogens is 1060 g/mol. The normalized spacial score (nSPS) is 14.2. The van der Waals surface area contributed by atoms with Crippen molar-refractivity contribution >= 4 is 19.8 Å². The third-order valence-corrected chi connectivity index (χ3v) is 14.5. The van der Waals surface area contributed by atoms with Crippen LogP contribution in [0.1, 0.15) is 245 Å². The Morgan fingerprint density at radius 2 is 0.643 bits per heavy atom. The lowest BCUT2D eigenvalue weighted by Gasteiger charge is -2.24. The van der Waals surface area contributed by atoms with Gasteiger partial charge < -0.3 is 18.9 Å². The van der Waals surface area contributed by atoms with Crippen molar-refractivity contribution in [2.75, 3.05) is 47.5 Å². The average Bonchev–Trinajstić information content (AvgIpc) is 3.60. The summed E-state index contributed by atoms with van der Waals surface area (Å²) in [5, 5.41) is 0. The monoisotopic (exact) mass is 1180 g/mol. The lowest BCUT2D eigenvalue weighted by atomic mass is 10.0. The van der Waals surface area contributed by atoms with Gasteiger partial charge in [0.1, 0.15) is 19.8 Å². The highest BCUT2D eigenvalue weighted by atomic mass is 31.2. The van der Waals surface area contributed by atoms with Crippen LogP contribution in [0.25, 0.3) is 0 Å². The van der Waals surface area contributed by atoms with E-state index in [0.717, 1.165) is 122 Å². The van der Waals surface area contributed by atoms with Gasteiger partial charge in [0.2, 0.25) is 0 Å². The minimum Gasteiger partial charge on any atom is -0.462 e. The fraction of sp³-hybridized carbons (Fsp3) is 0.622. The number of likely N-dealkylation sites (N-methyl/N-ethyl adjacent to an activating group) is 1. The third-order valence-electron chi connectivity index (χ3n) is 13.6. The van der Waals surface area contributed by atoms with Gasteiger partial charge in [-0.3, -0.25) is 18.6 Å². The van der Waals surface area contributed by atoms with Gasteiger partial charge in [0, 0.05) is 12.8 Å². The zero-order valence-electron chi connectivity index (χ0n) is 54.1. The molecule has 0 aliphatic heterocycles. The predicted octanol–water partition coefficient (Wildman–Crippen LogP) is 21.6. The maximum absolute atomic E-state index is 12.8. The number of rotatable bonds is 59. The second-order valence-corrected chi connectivity index (χ2v) is 24.2. The average molecular weight is 1190 g/mol. The van der Waals surface area contributed by atoms with Gasteiger partial charge in [0.05, 0.1) is 27.7 Å². The quantitative estimate of drug-likeness (QED) is 0.0211. The lowest BCUT2D eigenvalue weighted by Crippen LogP contribution is -2.37. The SMILES string of the molecule is CC/C=C\C/C=C\C/C=C\C/C=C\C/C=C\C/C=C\C/C=C\CCCCCC(=O)OC(COC(=O)CCCCCCCCCCCCCCCCCC/C=C\C/C=C\C/C=C\C/C=C\C/C=C\C/C=C\CC)COP(=O)(O)OCC[N+](C)(C)C. The first-order valence-corrected chi connectivity index (χ1v) is 34.7. The van der Waals surface area contributed by atoms with Crippen molar-refractivity contribution in [3.05, 3.63) is 158 Å². The van der Waals surface area contributed by atoms with E-state index < -0.39 is 26.5 Å². The van der Waals surface area contributed by atoms with Crippen LogP contribution in [-0.2, 0) is 32.7 Å². The van der Waals surface area contributed by atoms with Gasteiger partial charge in [-0.05, 0) is 122 Å². The molecule has 0 bridgehead atoms. The number of hydrogen-bond donors (Lipinski definition) is 1. The Bertz CT molecular complexity index is 1970. The molecule has 2 unspecified atom stereocenters. The number of phosphoric acid groups is 1. The van der Waals surface area contributed by atoms with Crippen molar-refractivity contribution in [3.8, 4) is 0 Å². The molecule has 0 spiro atoms. The molecule has 0 aliphatic carbocycles. The molecule has 9 nitrogen and oxygen atoms in total. The third kappa shape index (κ3) is 66.8. The van der Waals surface area contributed by atoms with Crippen molar-refractivity contribution in [3.63, 3.8) is 0 Å². The number of nitrogens with zero attached hydrogens (tertiary/aromatic N) is 1. The summed E-state index contributed by atoms with van der Waals surface area (Å²) in [6, 6.07) is 0. The molecule has 0 saturated carbocycles. The van der Waals surface area contributed by atoms with E-state index in [0.29, 0.717) is 17.4 Å². The largest absolute Gasteiger partial charge is 0.472 e. The van der Waals surface area contributed by atoms with E-state index in [2.05, 4.69) is 172 Å². The van der Waals surface area contributed by atoms with E-state index >= 15 is 0 Å². The second kappa shape index (κ2) is 63.1. The first-order valence-electron chi connectivity index (χ1n) is 33.2. The molecule has 476 valence electrons. The van der Waals surface area contributed by atoms with Crippen LogP contribution in [0.15, 0.2) is 158 Å². The molecule has 0 amide bonds. The number of ether oxygens (including phenoxy) is 2. The molecule has 2 atom stereocenters. The van der Waals surface area contributed by atoms with E-state index in [1.807, 2.05) is 21.1 Å². The van der Waals surface area contributed by atoms with Crippen molar-refractivity contribution in [2.45, 2.75) is 251 Å². The molecule has 0 aliphatic rings. The van der Waals surface area contributed by atoms with E-state index in [4.69, 9.17) is 18.5 Å². The molecule has 0 aromatic carbocycles. The topological polar surface area (TPSA) is 108 Å². The van der Waals surface area contributed by atoms with Crippen LogP contribution in [0.2, 0.25) is 0 Å². The van der Waals surface area contributed by atoms with E-state index in [1.165, 1.54) is 89.9 Å². The zero-order chi connectivity index (χ0) is 61.2.